The molecule has 0 aliphatic rings. The molecule has 1 aromatic rings. The first-order chi connectivity index (χ1) is 7.61. The standard InChI is InChI=1S/C11H8O5/c12-5-11(6-13,7-14)9-4-2-1-3-8(9)10(15)16/h1-7H,(H,15,16). The van der Waals surface area contributed by atoms with E-state index in [-0.39, 0.29) is 30.0 Å². The Bertz CT molecular complexity index is 428. The number of hydrogen-bond donors (Lipinski definition) is 1. The molecule has 0 atom stereocenters. The van der Waals surface area contributed by atoms with E-state index in [1.165, 1.54) is 24.3 Å². The number of rotatable bonds is 5. The second kappa shape index (κ2) is 4.48. The van der Waals surface area contributed by atoms with Gasteiger partial charge in [0.15, 0.2) is 5.41 Å². The van der Waals surface area contributed by atoms with Crippen LogP contribution in [0.25, 0.3) is 0 Å². The molecular weight excluding hydrogens is 212 g/mol. The van der Waals surface area contributed by atoms with Crippen molar-refractivity contribution in [3.05, 3.63) is 35.4 Å². The number of benzene rings is 1. The molecule has 0 aromatic heterocycles. The fraction of sp³-hybridized carbons (Fsp3) is 0.0909. The summed E-state index contributed by atoms with van der Waals surface area (Å²) in [5, 5.41) is 8.87. The lowest BCUT2D eigenvalue weighted by atomic mass is 9.82. The number of carboxylic acid groups (broad SMARTS) is 1. The zero-order valence-corrected chi connectivity index (χ0v) is 8.12. The number of carboxylic acids is 1. The summed E-state index contributed by atoms with van der Waals surface area (Å²) in [6, 6.07) is 5.38. The summed E-state index contributed by atoms with van der Waals surface area (Å²) in [4.78, 5) is 43.3. The summed E-state index contributed by atoms with van der Waals surface area (Å²) < 4.78 is 0. The Morgan fingerprint density at radius 2 is 1.56 bits per heavy atom. The molecule has 0 unspecified atom stereocenters. The van der Waals surface area contributed by atoms with Gasteiger partial charge in [-0.25, -0.2) is 4.79 Å². The van der Waals surface area contributed by atoms with Gasteiger partial charge < -0.3 is 19.5 Å². The van der Waals surface area contributed by atoms with Crippen molar-refractivity contribution in [3.8, 4) is 0 Å². The maximum atomic E-state index is 10.9. The van der Waals surface area contributed by atoms with Crippen LogP contribution in [-0.2, 0) is 19.8 Å². The van der Waals surface area contributed by atoms with Gasteiger partial charge in [0.25, 0.3) is 0 Å². The van der Waals surface area contributed by atoms with Gasteiger partial charge in [0.1, 0.15) is 18.9 Å². The van der Waals surface area contributed by atoms with Crippen LogP contribution in [-0.4, -0.2) is 29.9 Å². The Hall–Kier alpha value is -2.30. The Morgan fingerprint density at radius 1 is 1.06 bits per heavy atom. The zero-order chi connectivity index (χ0) is 12.2. The van der Waals surface area contributed by atoms with Crippen LogP contribution >= 0.6 is 0 Å². The SMILES string of the molecule is O=CC(C=O)(C=O)c1ccccc1C(=O)O. The van der Waals surface area contributed by atoms with E-state index in [1.54, 1.807) is 0 Å². The van der Waals surface area contributed by atoms with Crippen LogP contribution in [0.3, 0.4) is 0 Å². The first-order valence-corrected chi connectivity index (χ1v) is 4.33. The van der Waals surface area contributed by atoms with Gasteiger partial charge in [0.05, 0.1) is 5.56 Å². The predicted octanol–water partition coefficient (Wildman–Crippen LogP) is 0.219. The molecule has 0 saturated carbocycles. The largest absolute Gasteiger partial charge is 0.478 e. The summed E-state index contributed by atoms with van der Waals surface area (Å²) >= 11 is 0. The zero-order valence-electron chi connectivity index (χ0n) is 8.12. The minimum Gasteiger partial charge on any atom is -0.478 e. The fourth-order valence-corrected chi connectivity index (χ4v) is 1.32. The van der Waals surface area contributed by atoms with Crippen molar-refractivity contribution < 1.29 is 24.3 Å². The minimum atomic E-state index is -2.03. The van der Waals surface area contributed by atoms with Crippen molar-refractivity contribution in [2.24, 2.45) is 0 Å². The Labute approximate surface area is 90.7 Å². The molecule has 82 valence electrons. The molecular formula is C11H8O5. The average Bonchev–Trinajstić information content (AvgIpc) is 2.32. The van der Waals surface area contributed by atoms with Crippen LogP contribution in [0.4, 0.5) is 0 Å². The summed E-state index contributed by atoms with van der Waals surface area (Å²) in [7, 11) is 0. The van der Waals surface area contributed by atoms with Gasteiger partial charge in [-0.2, -0.15) is 0 Å². The Balaban J connectivity index is 3.52. The Kier molecular flexibility index (Phi) is 3.30. The highest BCUT2D eigenvalue weighted by Gasteiger charge is 2.34. The molecule has 5 heteroatoms. The van der Waals surface area contributed by atoms with E-state index in [1.807, 2.05) is 0 Å². The topological polar surface area (TPSA) is 88.5 Å². The Morgan fingerprint density at radius 3 is 2.00 bits per heavy atom. The van der Waals surface area contributed by atoms with Crippen LogP contribution < -0.4 is 0 Å². The van der Waals surface area contributed by atoms with Crippen LogP contribution in [0.15, 0.2) is 24.3 Å². The van der Waals surface area contributed by atoms with Gasteiger partial charge in [-0.3, -0.25) is 0 Å². The lowest BCUT2D eigenvalue weighted by Gasteiger charge is -2.16. The van der Waals surface area contributed by atoms with Crippen LogP contribution in [0.2, 0.25) is 0 Å². The molecule has 1 aromatic carbocycles. The summed E-state index contributed by atoms with van der Waals surface area (Å²) in [6.45, 7) is 0. The predicted molar refractivity (Wildman–Crippen MR) is 53.3 cm³/mol. The maximum Gasteiger partial charge on any atom is 0.336 e. The molecule has 1 N–H and O–H groups in total. The highest BCUT2D eigenvalue weighted by molar-refractivity contribution is 6.11. The van der Waals surface area contributed by atoms with E-state index in [0.29, 0.717) is 0 Å². The van der Waals surface area contributed by atoms with Gasteiger partial charge in [0, 0.05) is 0 Å². The molecule has 16 heavy (non-hydrogen) atoms. The molecule has 1 rings (SSSR count). The van der Waals surface area contributed by atoms with E-state index in [2.05, 4.69) is 0 Å². The molecule has 0 heterocycles. The lowest BCUT2D eigenvalue weighted by molar-refractivity contribution is -0.127. The third-order valence-corrected chi connectivity index (χ3v) is 2.21. The van der Waals surface area contributed by atoms with Crippen molar-refractivity contribution in [2.75, 3.05) is 0 Å². The van der Waals surface area contributed by atoms with Crippen molar-refractivity contribution >= 4 is 24.8 Å². The maximum absolute atomic E-state index is 10.9. The van der Waals surface area contributed by atoms with Gasteiger partial charge >= 0.3 is 5.97 Å². The second-order valence-corrected chi connectivity index (χ2v) is 3.14. The summed E-state index contributed by atoms with van der Waals surface area (Å²) in [6.07, 6.45) is 0.401. The molecule has 0 radical (unpaired) electrons. The van der Waals surface area contributed by atoms with E-state index in [9.17, 15) is 19.2 Å². The van der Waals surface area contributed by atoms with E-state index in [4.69, 9.17) is 5.11 Å². The van der Waals surface area contributed by atoms with Gasteiger partial charge in [0.2, 0.25) is 0 Å². The number of aldehydes is 3. The van der Waals surface area contributed by atoms with Gasteiger partial charge in [-0.15, -0.1) is 0 Å². The number of carbonyl (C=O) groups is 4. The first-order valence-electron chi connectivity index (χ1n) is 4.33. The number of aromatic carboxylic acids is 1. The minimum absolute atomic E-state index is 0.123. The van der Waals surface area contributed by atoms with Crippen molar-refractivity contribution in [1.29, 1.82) is 0 Å². The quantitative estimate of drug-likeness (QED) is 0.566. The van der Waals surface area contributed by atoms with E-state index in [0.717, 1.165) is 0 Å². The third-order valence-electron chi connectivity index (χ3n) is 2.21. The summed E-state index contributed by atoms with van der Waals surface area (Å²) in [5.74, 6) is -1.30. The molecule has 0 aliphatic heterocycles. The third kappa shape index (κ3) is 1.75. The summed E-state index contributed by atoms with van der Waals surface area (Å²) in [5.41, 5.74) is -2.40. The molecule has 0 bridgehead atoms. The molecule has 0 saturated heterocycles. The van der Waals surface area contributed by atoms with Crippen LogP contribution in [0.5, 0.6) is 0 Å². The highest BCUT2D eigenvalue weighted by Crippen LogP contribution is 2.21. The van der Waals surface area contributed by atoms with Crippen molar-refractivity contribution in [3.63, 3.8) is 0 Å². The normalized spacial score (nSPS) is 10.5. The molecule has 0 aliphatic carbocycles. The second-order valence-electron chi connectivity index (χ2n) is 3.14. The monoisotopic (exact) mass is 220 g/mol. The fourth-order valence-electron chi connectivity index (χ4n) is 1.32. The number of carbonyl (C=O) groups excluding carboxylic acids is 3. The number of hydrogen-bond acceptors (Lipinski definition) is 4. The first kappa shape index (κ1) is 11.8. The van der Waals surface area contributed by atoms with Crippen molar-refractivity contribution in [1.82, 2.24) is 0 Å². The van der Waals surface area contributed by atoms with Crippen molar-refractivity contribution in [2.45, 2.75) is 5.41 Å². The average molecular weight is 220 g/mol. The van der Waals surface area contributed by atoms with Crippen LogP contribution in [0, 0.1) is 0 Å². The molecule has 5 nitrogen and oxygen atoms in total. The highest BCUT2D eigenvalue weighted by atomic mass is 16.4. The van der Waals surface area contributed by atoms with E-state index < -0.39 is 11.4 Å². The molecule has 0 spiro atoms. The van der Waals surface area contributed by atoms with E-state index >= 15 is 0 Å². The lowest BCUT2D eigenvalue weighted by Crippen LogP contribution is -2.33. The van der Waals surface area contributed by atoms with Gasteiger partial charge in [-0.1, -0.05) is 18.2 Å². The molecule has 0 amide bonds. The smallest absolute Gasteiger partial charge is 0.336 e. The van der Waals surface area contributed by atoms with Gasteiger partial charge in [-0.05, 0) is 11.6 Å². The molecule has 0 fully saturated rings. The van der Waals surface area contributed by atoms with Crippen LogP contribution in [0.1, 0.15) is 15.9 Å².